The van der Waals surface area contributed by atoms with Gasteiger partial charge >= 0.3 is 12.0 Å². The van der Waals surface area contributed by atoms with E-state index in [1.165, 1.54) is 6.07 Å². The summed E-state index contributed by atoms with van der Waals surface area (Å²) in [5.41, 5.74) is 0. The van der Waals surface area contributed by atoms with Crippen LogP contribution in [-0.2, 0) is 4.79 Å². The van der Waals surface area contributed by atoms with Crippen LogP contribution in [0.2, 0.25) is 0 Å². The summed E-state index contributed by atoms with van der Waals surface area (Å²) < 4.78 is 4.68. The molecular formula is C7H9N3O4. The molecule has 0 fully saturated rings. The molecule has 0 saturated heterocycles. The van der Waals surface area contributed by atoms with E-state index in [2.05, 4.69) is 20.3 Å². The molecule has 14 heavy (non-hydrogen) atoms. The fourth-order valence-corrected chi connectivity index (χ4v) is 0.742. The van der Waals surface area contributed by atoms with Gasteiger partial charge in [0.05, 0.1) is 0 Å². The van der Waals surface area contributed by atoms with Gasteiger partial charge in [-0.2, -0.15) is 0 Å². The van der Waals surface area contributed by atoms with Gasteiger partial charge in [0, 0.05) is 6.07 Å². The average Bonchev–Trinajstić information content (AvgIpc) is 2.48. The number of nitrogens with one attached hydrogen (secondary N) is 2. The molecule has 0 spiro atoms. The van der Waals surface area contributed by atoms with Crippen LogP contribution in [0.25, 0.3) is 0 Å². The highest BCUT2D eigenvalue weighted by molar-refractivity contribution is 5.90. The van der Waals surface area contributed by atoms with Crippen molar-refractivity contribution in [1.29, 1.82) is 0 Å². The first kappa shape index (κ1) is 10.0. The van der Waals surface area contributed by atoms with Crippen LogP contribution in [0.4, 0.5) is 10.6 Å². The van der Waals surface area contributed by atoms with Crippen molar-refractivity contribution in [3.8, 4) is 0 Å². The quantitative estimate of drug-likeness (QED) is 0.644. The number of hydrogen-bond donors (Lipinski definition) is 3. The Bertz CT molecular complexity index is 346. The molecule has 0 bridgehead atoms. The molecule has 0 atom stereocenters. The van der Waals surface area contributed by atoms with Gasteiger partial charge in [-0.1, -0.05) is 5.16 Å². The number of carbonyl (C=O) groups is 2. The molecule has 1 aromatic rings. The molecule has 7 heteroatoms. The SMILES string of the molecule is Cc1cc(NC(=O)NCC(=O)O)no1. The number of anilines is 1. The molecule has 0 aromatic carbocycles. The number of nitrogens with zero attached hydrogens (tertiary/aromatic N) is 1. The van der Waals surface area contributed by atoms with Crippen molar-refractivity contribution in [3.05, 3.63) is 11.8 Å². The van der Waals surface area contributed by atoms with Crippen LogP contribution in [0.3, 0.4) is 0 Å². The highest BCUT2D eigenvalue weighted by Crippen LogP contribution is 2.05. The molecule has 1 aromatic heterocycles. The largest absolute Gasteiger partial charge is 0.480 e. The second kappa shape index (κ2) is 4.26. The second-order valence-electron chi connectivity index (χ2n) is 2.52. The maximum absolute atomic E-state index is 11.0. The first-order chi connectivity index (χ1) is 6.58. The minimum atomic E-state index is -1.11. The molecule has 1 rings (SSSR count). The molecular weight excluding hydrogens is 190 g/mol. The Morgan fingerprint density at radius 2 is 2.36 bits per heavy atom. The van der Waals surface area contributed by atoms with Crippen molar-refractivity contribution in [2.24, 2.45) is 0 Å². The van der Waals surface area contributed by atoms with Gasteiger partial charge in [0.2, 0.25) is 0 Å². The average molecular weight is 199 g/mol. The monoisotopic (exact) mass is 199 g/mol. The molecule has 76 valence electrons. The van der Waals surface area contributed by atoms with Crippen molar-refractivity contribution in [2.75, 3.05) is 11.9 Å². The highest BCUT2D eigenvalue weighted by Gasteiger charge is 2.06. The topological polar surface area (TPSA) is 104 Å². The first-order valence-corrected chi connectivity index (χ1v) is 3.78. The van der Waals surface area contributed by atoms with Crippen LogP contribution < -0.4 is 10.6 Å². The lowest BCUT2D eigenvalue weighted by Gasteiger charge is -2.00. The molecule has 2 amide bonds. The predicted molar refractivity (Wildman–Crippen MR) is 45.9 cm³/mol. The number of aryl methyl sites for hydroxylation is 1. The summed E-state index contributed by atoms with van der Waals surface area (Å²) in [6.45, 7) is 1.23. The van der Waals surface area contributed by atoms with Gasteiger partial charge in [0.15, 0.2) is 5.82 Å². The maximum atomic E-state index is 11.0. The zero-order chi connectivity index (χ0) is 10.6. The summed E-state index contributed by atoms with van der Waals surface area (Å²) in [5, 5.41) is 16.2. The molecule has 3 N–H and O–H groups in total. The number of aromatic nitrogens is 1. The van der Waals surface area contributed by atoms with E-state index >= 15 is 0 Å². The molecule has 0 saturated carbocycles. The smallest absolute Gasteiger partial charge is 0.323 e. The lowest BCUT2D eigenvalue weighted by atomic mass is 10.5. The first-order valence-electron chi connectivity index (χ1n) is 3.78. The van der Waals surface area contributed by atoms with Gasteiger partial charge in [0.25, 0.3) is 0 Å². The van der Waals surface area contributed by atoms with E-state index in [4.69, 9.17) is 5.11 Å². The van der Waals surface area contributed by atoms with Crippen molar-refractivity contribution in [1.82, 2.24) is 10.5 Å². The zero-order valence-corrected chi connectivity index (χ0v) is 7.40. The Balaban J connectivity index is 2.37. The lowest BCUT2D eigenvalue weighted by molar-refractivity contribution is -0.135. The Morgan fingerprint density at radius 3 is 2.86 bits per heavy atom. The number of amides is 2. The van der Waals surface area contributed by atoms with Gasteiger partial charge in [-0.15, -0.1) is 0 Å². The van der Waals surface area contributed by atoms with Crippen molar-refractivity contribution < 1.29 is 19.2 Å². The van der Waals surface area contributed by atoms with Crippen LogP contribution in [-0.4, -0.2) is 28.8 Å². The van der Waals surface area contributed by atoms with E-state index in [9.17, 15) is 9.59 Å². The van der Waals surface area contributed by atoms with Gasteiger partial charge in [-0.25, -0.2) is 4.79 Å². The zero-order valence-electron chi connectivity index (χ0n) is 7.40. The minimum Gasteiger partial charge on any atom is -0.480 e. The van der Waals surface area contributed by atoms with Gasteiger partial charge in [-0.3, -0.25) is 10.1 Å². The fourth-order valence-electron chi connectivity index (χ4n) is 0.742. The van der Waals surface area contributed by atoms with E-state index in [0.29, 0.717) is 5.76 Å². The summed E-state index contributed by atoms with van der Waals surface area (Å²) in [4.78, 5) is 21.0. The maximum Gasteiger partial charge on any atom is 0.323 e. The normalized spacial score (nSPS) is 9.50. The number of rotatable bonds is 3. The summed E-state index contributed by atoms with van der Waals surface area (Å²) in [6, 6.07) is 0.876. The third-order valence-electron chi connectivity index (χ3n) is 1.27. The van der Waals surface area contributed by atoms with Crippen molar-refractivity contribution >= 4 is 17.8 Å². The van der Waals surface area contributed by atoms with Crippen LogP contribution in [0, 0.1) is 6.92 Å². The summed E-state index contributed by atoms with van der Waals surface area (Å²) >= 11 is 0. The summed E-state index contributed by atoms with van der Waals surface area (Å²) in [5.74, 6) is -0.319. The number of carbonyl (C=O) groups excluding carboxylic acids is 1. The highest BCUT2D eigenvalue weighted by atomic mass is 16.5. The predicted octanol–water partition coefficient (Wildman–Crippen LogP) is 0.189. The van der Waals surface area contributed by atoms with Crippen molar-refractivity contribution in [3.63, 3.8) is 0 Å². The summed E-state index contributed by atoms with van der Waals surface area (Å²) in [7, 11) is 0. The third-order valence-corrected chi connectivity index (χ3v) is 1.27. The van der Waals surface area contributed by atoms with Gasteiger partial charge in [0.1, 0.15) is 12.3 Å². The standard InChI is InChI=1S/C7H9N3O4/c1-4-2-5(10-14-4)9-7(13)8-3-6(11)12/h2H,3H2,1H3,(H,11,12)(H2,8,9,10,13). The number of aliphatic carboxylic acids is 1. The number of carboxylic acid groups (broad SMARTS) is 1. The number of urea groups is 1. The van der Waals surface area contributed by atoms with Crippen molar-refractivity contribution in [2.45, 2.75) is 6.92 Å². The number of hydrogen-bond acceptors (Lipinski definition) is 4. The second-order valence-corrected chi connectivity index (χ2v) is 2.52. The fraction of sp³-hybridized carbons (Fsp3) is 0.286. The van der Waals surface area contributed by atoms with Gasteiger partial charge in [-0.05, 0) is 6.92 Å². The third kappa shape index (κ3) is 3.13. The van der Waals surface area contributed by atoms with Crippen LogP contribution >= 0.6 is 0 Å². The van der Waals surface area contributed by atoms with E-state index in [-0.39, 0.29) is 5.82 Å². The minimum absolute atomic E-state index is 0.241. The Hall–Kier alpha value is -2.05. The van der Waals surface area contributed by atoms with Crippen LogP contribution in [0.5, 0.6) is 0 Å². The van der Waals surface area contributed by atoms with E-state index in [1.54, 1.807) is 6.92 Å². The lowest BCUT2D eigenvalue weighted by Crippen LogP contribution is -2.33. The molecule has 1 heterocycles. The Kier molecular flexibility index (Phi) is 3.05. The molecule has 0 aliphatic heterocycles. The molecule has 0 radical (unpaired) electrons. The molecule has 7 nitrogen and oxygen atoms in total. The van der Waals surface area contributed by atoms with E-state index in [1.807, 2.05) is 0 Å². The Morgan fingerprint density at radius 1 is 1.64 bits per heavy atom. The molecule has 0 aliphatic carbocycles. The van der Waals surface area contributed by atoms with Gasteiger partial charge < -0.3 is 14.9 Å². The van der Waals surface area contributed by atoms with E-state index < -0.39 is 18.5 Å². The molecule has 0 aliphatic rings. The Labute approximate surface area is 79.1 Å². The summed E-state index contributed by atoms with van der Waals surface area (Å²) in [6.07, 6.45) is 0. The van der Waals surface area contributed by atoms with Crippen LogP contribution in [0.15, 0.2) is 10.6 Å². The number of carboxylic acids is 1. The van der Waals surface area contributed by atoms with Crippen LogP contribution in [0.1, 0.15) is 5.76 Å². The molecule has 0 unspecified atom stereocenters. The van der Waals surface area contributed by atoms with E-state index in [0.717, 1.165) is 0 Å².